The summed E-state index contributed by atoms with van der Waals surface area (Å²) < 4.78 is 5.41. The summed E-state index contributed by atoms with van der Waals surface area (Å²) in [7, 11) is 0. The molecular weight excluding hydrogens is 252 g/mol. The van der Waals surface area contributed by atoms with Crippen molar-refractivity contribution >= 4 is 18.3 Å². The van der Waals surface area contributed by atoms with E-state index in [9.17, 15) is 4.79 Å². The summed E-state index contributed by atoms with van der Waals surface area (Å²) in [6.45, 7) is 6.15. The van der Waals surface area contributed by atoms with Crippen LogP contribution in [0.25, 0.3) is 0 Å². The number of halogens is 1. The number of carbonyl (C=O) groups is 1. The van der Waals surface area contributed by atoms with Crippen LogP contribution in [0.2, 0.25) is 0 Å². The Bertz CT molecular complexity index is 383. The van der Waals surface area contributed by atoms with E-state index in [-0.39, 0.29) is 24.4 Å². The number of ether oxygens (including phenoxy) is 1. The van der Waals surface area contributed by atoms with Crippen molar-refractivity contribution < 1.29 is 9.53 Å². The lowest BCUT2D eigenvalue weighted by Gasteiger charge is -2.16. The van der Waals surface area contributed by atoms with Crippen LogP contribution < -0.4 is 15.8 Å². The van der Waals surface area contributed by atoms with Crippen LogP contribution in [0, 0.1) is 0 Å². The third kappa shape index (κ3) is 4.94. The highest BCUT2D eigenvalue weighted by Gasteiger charge is 2.12. The molecule has 1 amide bonds. The monoisotopic (exact) mass is 272 g/mol. The molecule has 102 valence electrons. The maximum atomic E-state index is 11.5. The van der Waals surface area contributed by atoms with Gasteiger partial charge in [0.25, 0.3) is 0 Å². The van der Waals surface area contributed by atoms with Crippen LogP contribution in [0.5, 0.6) is 5.75 Å². The molecule has 2 atom stereocenters. The number of benzene rings is 1. The Morgan fingerprint density at radius 1 is 1.44 bits per heavy atom. The zero-order chi connectivity index (χ0) is 12.8. The maximum Gasteiger partial charge on any atom is 0.237 e. The van der Waals surface area contributed by atoms with Crippen molar-refractivity contribution in [1.29, 1.82) is 0 Å². The standard InChI is InChI=1S/C13H20N2O2.ClH/c1-4-17-12-7-5-6-11(8-12)10(3)15-13(16)9(2)14;/h5-10H,4,14H2,1-3H3,(H,15,16);1H/t9-,10?;/m0./s1. The minimum atomic E-state index is -0.493. The quantitative estimate of drug-likeness (QED) is 0.862. The van der Waals surface area contributed by atoms with Crippen LogP contribution in [-0.4, -0.2) is 18.6 Å². The number of amides is 1. The Kier molecular flexibility index (Phi) is 7.39. The molecule has 0 fully saturated rings. The van der Waals surface area contributed by atoms with Crippen molar-refractivity contribution in [3.63, 3.8) is 0 Å². The van der Waals surface area contributed by atoms with Crippen molar-refractivity contribution in [1.82, 2.24) is 5.32 Å². The van der Waals surface area contributed by atoms with Gasteiger partial charge in [-0.2, -0.15) is 0 Å². The molecule has 18 heavy (non-hydrogen) atoms. The molecule has 0 aliphatic carbocycles. The first-order chi connectivity index (χ1) is 8.04. The van der Waals surface area contributed by atoms with Crippen LogP contribution in [0.3, 0.4) is 0 Å². The average Bonchev–Trinajstić information content (AvgIpc) is 2.29. The van der Waals surface area contributed by atoms with Gasteiger partial charge in [-0.3, -0.25) is 4.79 Å². The summed E-state index contributed by atoms with van der Waals surface area (Å²) in [5, 5.41) is 2.85. The Hall–Kier alpha value is -1.26. The van der Waals surface area contributed by atoms with E-state index in [0.29, 0.717) is 6.61 Å². The van der Waals surface area contributed by atoms with Crippen molar-refractivity contribution in [2.75, 3.05) is 6.61 Å². The molecule has 0 saturated carbocycles. The predicted octanol–water partition coefficient (Wildman–Crippen LogP) is 2.03. The first-order valence-corrected chi connectivity index (χ1v) is 5.83. The van der Waals surface area contributed by atoms with Gasteiger partial charge in [-0.05, 0) is 38.5 Å². The predicted molar refractivity (Wildman–Crippen MR) is 75.1 cm³/mol. The second-order valence-electron chi connectivity index (χ2n) is 4.02. The molecule has 1 aromatic carbocycles. The van der Waals surface area contributed by atoms with Crippen LogP contribution in [0.15, 0.2) is 24.3 Å². The minimum absolute atomic E-state index is 0. The van der Waals surface area contributed by atoms with Gasteiger partial charge < -0.3 is 15.8 Å². The molecule has 0 aromatic heterocycles. The summed E-state index contributed by atoms with van der Waals surface area (Å²) in [6.07, 6.45) is 0. The van der Waals surface area contributed by atoms with Crippen molar-refractivity contribution in [3.8, 4) is 5.75 Å². The fourth-order valence-corrected chi connectivity index (χ4v) is 1.47. The molecule has 0 bridgehead atoms. The Labute approximate surface area is 114 Å². The van der Waals surface area contributed by atoms with Crippen molar-refractivity contribution in [3.05, 3.63) is 29.8 Å². The van der Waals surface area contributed by atoms with Gasteiger partial charge in [-0.1, -0.05) is 12.1 Å². The van der Waals surface area contributed by atoms with E-state index in [4.69, 9.17) is 10.5 Å². The van der Waals surface area contributed by atoms with Gasteiger partial charge in [0.15, 0.2) is 0 Å². The second kappa shape index (κ2) is 7.95. The maximum absolute atomic E-state index is 11.5. The summed E-state index contributed by atoms with van der Waals surface area (Å²) in [5.74, 6) is 0.659. The fourth-order valence-electron chi connectivity index (χ4n) is 1.47. The van der Waals surface area contributed by atoms with Gasteiger partial charge in [-0.25, -0.2) is 0 Å². The Balaban J connectivity index is 0.00000289. The average molecular weight is 273 g/mol. The highest BCUT2D eigenvalue weighted by Crippen LogP contribution is 2.19. The molecule has 0 saturated heterocycles. The van der Waals surface area contributed by atoms with Gasteiger partial charge in [0.05, 0.1) is 18.7 Å². The zero-order valence-electron chi connectivity index (χ0n) is 11.0. The molecule has 0 radical (unpaired) electrons. The van der Waals surface area contributed by atoms with E-state index in [1.165, 1.54) is 0 Å². The molecule has 5 heteroatoms. The molecule has 0 spiro atoms. The van der Waals surface area contributed by atoms with E-state index in [0.717, 1.165) is 11.3 Å². The van der Waals surface area contributed by atoms with E-state index >= 15 is 0 Å². The van der Waals surface area contributed by atoms with Gasteiger partial charge in [0.2, 0.25) is 5.91 Å². The van der Waals surface area contributed by atoms with Gasteiger partial charge in [0, 0.05) is 0 Å². The Morgan fingerprint density at radius 2 is 2.11 bits per heavy atom. The minimum Gasteiger partial charge on any atom is -0.494 e. The van der Waals surface area contributed by atoms with Crippen LogP contribution in [0.1, 0.15) is 32.4 Å². The molecule has 4 nitrogen and oxygen atoms in total. The number of carbonyl (C=O) groups excluding carboxylic acids is 1. The first kappa shape index (κ1) is 16.7. The molecule has 0 aliphatic heterocycles. The molecule has 1 rings (SSSR count). The van der Waals surface area contributed by atoms with Crippen molar-refractivity contribution in [2.45, 2.75) is 32.9 Å². The highest BCUT2D eigenvalue weighted by atomic mass is 35.5. The molecular formula is C13H21ClN2O2. The zero-order valence-corrected chi connectivity index (χ0v) is 11.8. The van der Waals surface area contributed by atoms with Crippen LogP contribution in [-0.2, 0) is 4.79 Å². The highest BCUT2D eigenvalue weighted by molar-refractivity contribution is 5.85. The summed E-state index contributed by atoms with van der Waals surface area (Å²) >= 11 is 0. The largest absolute Gasteiger partial charge is 0.494 e. The number of hydrogen-bond acceptors (Lipinski definition) is 3. The number of nitrogens with two attached hydrogens (primary N) is 1. The van der Waals surface area contributed by atoms with Crippen LogP contribution >= 0.6 is 12.4 Å². The first-order valence-electron chi connectivity index (χ1n) is 5.83. The summed E-state index contributed by atoms with van der Waals surface area (Å²) in [4.78, 5) is 11.5. The van der Waals surface area contributed by atoms with Gasteiger partial charge in [-0.15, -0.1) is 12.4 Å². The number of nitrogens with one attached hydrogen (secondary N) is 1. The lowest BCUT2D eigenvalue weighted by Crippen LogP contribution is -2.39. The van der Waals surface area contributed by atoms with Gasteiger partial charge in [0.1, 0.15) is 5.75 Å². The third-order valence-electron chi connectivity index (χ3n) is 2.44. The summed E-state index contributed by atoms with van der Waals surface area (Å²) in [5.41, 5.74) is 6.51. The normalized spacial score (nSPS) is 13.1. The summed E-state index contributed by atoms with van der Waals surface area (Å²) in [6, 6.07) is 7.12. The lowest BCUT2D eigenvalue weighted by molar-refractivity contribution is -0.122. The molecule has 1 unspecified atom stereocenters. The SMILES string of the molecule is CCOc1cccc(C(C)NC(=O)[C@H](C)N)c1.Cl. The Morgan fingerprint density at radius 3 is 2.67 bits per heavy atom. The van der Waals surface area contributed by atoms with Crippen LogP contribution in [0.4, 0.5) is 0 Å². The molecule has 3 N–H and O–H groups in total. The van der Waals surface area contributed by atoms with E-state index in [2.05, 4.69) is 5.32 Å². The van der Waals surface area contributed by atoms with E-state index in [1.807, 2.05) is 38.1 Å². The second-order valence-corrected chi connectivity index (χ2v) is 4.02. The number of hydrogen-bond donors (Lipinski definition) is 2. The van der Waals surface area contributed by atoms with Crippen molar-refractivity contribution in [2.24, 2.45) is 5.73 Å². The fraction of sp³-hybridized carbons (Fsp3) is 0.462. The molecule has 1 aromatic rings. The van der Waals surface area contributed by atoms with E-state index < -0.39 is 6.04 Å². The lowest BCUT2D eigenvalue weighted by atomic mass is 10.1. The molecule has 0 aliphatic rings. The smallest absolute Gasteiger partial charge is 0.237 e. The third-order valence-corrected chi connectivity index (χ3v) is 2.44. The molecule has 0 heterocycles. The van der Waals surface area contributed by atoms with E-state index in [1.54, 1.807) is 6.92 Å². The number of rotatable bonds is 5. The topological polar surface area (TPSA) is 64.3 Å². The van der Waals surface area contributed by atoms with Gasteiger partial charge >= 0.3 is 0 Å².